The molecule has 52 valence electrons. The van der Waals surface area contributed by atoms with Gasteiger partial charge in [-0.1, -0.05) is 26.1 Å². The van der Waals surface area contributed by atoms with E-state index in [4.69, 9.17) is 12.2 Å². The number of thiocarbonyl (C=S) groups is 1. The lowest BCUT2D eigenvalue weighted by Gasteiger charge is -2.09. The first-order chi connectivity index (χ1) is 4.13. The Morgan fingerprint density at radius 1 is 1.33 bits per heavy atom. The van der Waals surface area contributed by atoms with Crippen molar-refractivity contribution in [2.24, 2.45) is 11.8 Å². The van der Waals surface area contributed by atoms with Crippen molar-refractivity contribution in [1.82, 2.24) is 5.32 Å². The zero-order valence-electron chi connectivity index (χ0n) is 6.14. The van der Waals surface area contributed by atoms with Gasteiger partial charge in [0.05, 0.1) is 4.99 Å². The van der Waals surface area contributed by atoms with Crippen LogP contribution >= 0.6 is 12.2 Å². The summed E-state index contributed by atoms with van der Waals surface area (Å²) < 4.78 is 0. The van der Waals surface area contributed by atoms with Crippen molar-refractivity contribution in [3.05, 3.63) is 0 Å². The molecule has 1 N–H and O–H groups in total. The minimum absolute atomic E-state index is 0.576. The molecule has 3 atom stereocenters. The van der Waals surface area contributed by atoms with Crippen LogP contribution in [-0.4, -0.2) is 11.0 Å². The van der Waals surface area contributed by atoms with Crippen LogP contribution in [0.25, 0.3) is 0 Å². The van der Waals surface area contributed by atoms with Crippen LogP contribution in [0.2, 0.25) is 0 Å². The van der Waals surface area contributed by atoms with Crippen molar-refractivity contribution in [2.45, 2.75) is 26.8 Å². The Hall–Kier alpha value is -0.110. The van der Waals surface area contributed by atoms with Gasteiger partial charge in [-0.25, -0.2) is 0 Å². The van der Waals surface area contributed by atoms with Gasteiger partial charge in [0, 0.05) is 12.0 Å². The van der Waals surface area contributed by atoms with Gasteiger partial charge in [-0.3, -0.25) is 0 Å². The maximum absolute atomic E-state index is 5.08. The molecule has 0 aromatic heterocycles. The first kappa shape index (κ1) is 7.00. The van der Waals surface area contributed by atoms with E-state index < -0.39 is 0 Å². The molecular formula is C7H13NS. The summed E-state index contributed by atoms with van der Waals surface area (Å²) in [6, 6.07) is 0.576. The van der Waals surface area contributed by atoms with Crippen LogP contribution in [-0.2, 0) is 0 Å². The molecule has 9 heavy (non-hydrogen) atoms. The van der Waals surface area contributed by atoms with Gasteiger partial charge in [0.25, 0.3) is 0 Å². The third-order valence-electron chi connectivity index (χ3n) is 2.36. The molecule has 0 aliphatic carbocycles. The average Bonchev–Trinajstić information content (AvgIpc) is 1.98. The summed E-state index contributed by atoms with van der Waals surface area (Å²) in [5.74, 6) is 1.28. The van der Waals surface area contributed by atoms with Gasteiger partial charge in [0.2, 0.25) is 0 Å². The molecule has 1 aliphatic rings. The second kappa shape index (κ2) is 2.25. The normalized spacial score (nSPS) is 43.0. The largest absolute Gasteiger partial charge is 0.377 e. The van der Waals surface area contributed by atoms with Gasteiger partial charge < -0.3 is 5.32 Å². The van der Waals surface area contributed by atoms with E-state index in [0.717, 1.165) is 4.99 Å². The van der Waals surface area contributed by atoms with Gasteiger partial charge in [-0.2, -0.15) is 0 Å². The van der Waals surface area contributed by atoms with Gasteiger partial charge in [0.1, 0.15) is 0 Å². The van der Waals surface area contributed by atoms with E-state index in [-0.39, 0.29) is 0 Å². The summed E-state index contributed by atoms with van der Waals surface area (Å²) in [6.45, 7) is 6.60. The van der Waals surface area contributed by atoms with E-state index in [1.54, 1.807) is 0 Å². The van der Waals surface area contributed by atoms with E-state index >= 15 is 0 Å². The smallest absolute Gasteiger partial charge is 0.0787 e. The molecule has 1 aliphatic heterocycles. The third-order valence-corrected chi connectivity index (χ3v) is 2.85. The van der Waals surface area contributed by atoms with Crippen LogP contribution in [0, 0.1) is 11.8 Å². The Morgan fingerprint density at radius 2 is 1.89 bits per heavy atom. The second-order valence-corrected chi connectivity index (χ2v) is 3.38. The SMILES string of the molecule is CC1NC(=S)C(C)C1C. The Labute approximate surface area is 61.8 Å². The van der Waals surface area contributed by atoms with E-state index in [1.165, 1.54) is 0 Å². The van der Waals surface area contributed by atoms with E-state index in [9.17, 15) is 0 Å². The van der Waals surface area contributed by atoms with Crippen molar-refractivity contribution >= 4 is 17.2 Å². The fourth-order valence-electron chi connectivity index (χ4n) is 1.16. The number of hydrogen-bond acceptors (Lipinski definition) is 1. The molecular weight excluding hydrogens is 130 g/mol. The van der Waals surface area contributed by atoms with E-state index in [1.807, 2.05) is 0 Å². The summed E-state index contributed by atoms with van der Waals surface area (Å²) >= 11 is 5.08. The van der Waals surface area contributed by atoms with Gasteiger partial charge in [-0.15, -0.1) is 0 Å². The Kier molecular flexibility index (Phi) is 1.75. The van der Waals surface area contributed by atoms with Crippen molar-refractivity contribution in [1.29, 1.82) is 0 Å². The van der Waals surface area contributed by atoms with Crippen LogP contribution in [0.3, 0.4) is 0 Å². The lowest BCUT2D eigenvalue weighted by molar-refractivity contribution is 0.448. The highest BCUT2D eigenvalue weighted by Crippen LogP contribution is 2.22. The highest BCUT2D eigenvalue weighted by molar-refractivity contribution is 7.80. The van der Waals surface area contributed by atoms with Gasteiger partial charge in [0.15, 0.2) is 0 Å². The average molecular weight is 143 g/mol. The first-order valence-corrected chi connectivity index (χ1v) is 3.84. The summed E-state index contributed by atoms with van der Waals surface area (Å²) in [7, 11) is 0. The monoisotopic (exact) mass is 143 g/mol. The standard InChI is InChI=1S/C7H13NS/c1-4-5(2)7(9)8-6(4)3/h4-6H,1-3H3,(H,8,9). The summed E-state index contributed by atoms with van der Waals surface area (Å²) in [4.78, 5) is 1.04. The van der Waals surface area contributed by atoms with E-state index in [0.29, 0.717) is 17.9 Å². The second-order valence-electron chi connectivity index (χ2n) is 2.95. The Bertz CT molecular complexity index is 133. The van der Waals surface area contributed by atoms with Crippen molar-refractivity contribution in [3.63, 3.8) is 0 Å². The Balaban J connectivity index is 2.65. The lowest BCUT2D eigenvalue weighted by atomic mass is 9.95. The molecule has 0 aromatic rings. The lowest BCUT2D eigenvalue weighted by Crippen LogP contribution is -2.23. The fourth-order valence-corrected chi connectivity index (χ4v) is 1.56. The molecule has 0 amide bonds. The molecule has 1 fully saturated rings. The maximum Gasteiger partial charge on any atom is 0.0787 e. The molecule has 1 nitrogen and oxygen atoms in total. The van der Waals surface area contributed by atoms with Gasteiger partial charge in [-0.05, 0) is 12.8 Å². The predicted octanol–water partition coefficient (Wildman–Crippen LogP) is 1.58. The molecule has 0 aromatic carbocycles. The molecule has 0 spiro atoms. The molecule has 0 bridgehead atoms. The van der Waals surface area contributed by atoms with Crippen LogP contribution in [0.15, 0.2) is 0 Å². The predicted molar refractivity (Wildman–Crippen MR) is 43.5 cm³/mol. The van der Waals surface area contributed by atoms with Crippen molar-refractivity contribution in [3.8, 4) is 0 Å². The van der Waals surface area contributed by atoms with Gasteiger partial charge >= 0.3 is 0 Å². The zero-order chi connectivity index (χ0) is 7.02. The minimum Gasteiger partial charge on any atom is -0.377 e. The highest BCUT2D eigenvalue weighted by atomic mass is 32.1. The minimum atomic E-state index is 0.576. The van der Waals surface area contributed by atoms with Crippen LogP contribution in [0.1, 0.15) is 20.8 Å². The molecule has 1 rings (SSSR count). The van der Waals surface area contributed by atoms with Crippen molar-refractivity contribution in [2.75, 3.05) is 0 Å². The third kappa shape index (κ3) is 1.08. The topological polar surface area (TPSA) is 12.0 Å². The zero-order valence-corrected chi connectivity index (χ0v) is 6.96. The van der Waals surface area contributed by atoms with E-state index in [2.05, 4.69) is 26.1 Å². The number of nitrogens with one attached hydrogen (secondary N) is 1. The van der Waals surface area contributed by atoms with Crippen LogP contribution < -0.4 is 5.32 Å². The number of hydrogen-bond donors (Lipinski definition) is 1. The molecule has 3 unspecified atom stereocenters. The maximum atomic E-state index is 5.08. The first-order valence-electron chi connectivity index (χ1n) is 3.43. The Morgan fingerprint density at radius 3 is 2.00 bits per heavy atom. The molecule has 0 radical (unpaired) electrons. The molecule has 1 heterocycles. The summed E-state index contributed by atoms with van der Waals surface area (Å²) in [5.41, 5.74) is 0. The quantitative estimate of drug-likeness (QED) is 0.517. The number of rotatable bonds is 0. The fraction of sp³-hybridized carbons (Fsp3) is 0.857. The molecule has 0 saturated carbocycles. The molecule has 2 heteroatoms. The highest BCUT2D eigenvalue weighted by Gasteiger charge is 2.29. The van der Waals surface area contributed by atoms with Crippen molar-refractivity contribution < 1.29 is 0 Å². The summed E-state index contributed by atoms with van der Waals surface area (Å²) in [6.07, 6.45) is 0. The summed E-state index contributed by atoms with van der Waals surface area (Å²) in [5, 5.41) is 3.25. The van der Waals surface area contributed by atoms with Crippen LogP contribution in [0.4, 0.5) is 0 Å². The van der Waals surface area contributed by atoms with Crippen LogP contribution in [0.5, 0.6) is 0 Å². The molecule has 1 saturated heterocycles.